The van der Waals surface area contributed by atoms with Crippen LogP contribution in [0.3, 0.4) is 0 Å². The number of nitrogens with two attached hydrogens (primary N) is 1. The van der Waals surface area contributed by atoms with E-state index in [9.17, 15) is 9.90 Å². The normalized spacial score (nSPS) is 13.4. The Morgan fingerprint density at radius 3 is 2.28 bits per heavy atom. The minimum atomic E-state index is -1.46. The minimum absolute atomic E-state index is 0. The Morgan fingerprint density at radius 2 is 1.83 bits per heavy atom. The van der Waals surface area contributed by atoms with Gasteiger partial charge in [0, 0.05) is 9.75 Å². The first kappa shape index (κ1) is 14.7. The first-order chi connectivity index (χ1) is 8.05. The van der Waals surface area contributed by atoms with Gasteiger partial charge in [-0.05, 0) is 24.6 Å². The van der Waals surface area contributed by atoms with Crippen molar-refractivity contribution in [3.63, 3.8) is 0 Å². The van der Waals surface area contributed by atoms with Crippen molar-refractivity contribution in [2.75, 3.05) is 0 Å². The van der Waals surface area contributed by atoms with Crippen molar-refractivity contribution < 1.29 is 9.90 Å². The van der Waals surface area contributed by atoms with Gasteiger partial charge in [0.2, 0.25) is 0 Å². The van der Waals surface area contributed by atoms with E-state index in [1.54, 1.807) is 30.3 Å². The van der Waals surface area contributed by atoms with Gasteiger partial charge in [0.15, 0.2) is 5.54 Å². The average molecular weight is 284 g/mol. The molecule has 0 spiro atoms. The number of halogens is 1. The van der Waals surface area contributed by atoms with Gasteiger partial charge in [0.05, 0.1) is 0 Å². The van der Waals surface area contributed by atoms with Crippen LogP contribution in [-0.2, 0) is 10.3 Å². The van der Waals surface area contributed by atoms with Crippen molar-refractivity contribution in [1.82, 2.24) is 0 Å². The summed E-state index contributed by atoms with van der Waals surface area (Å²) in [6, 6.07) is 12.6. The van der Waals surface area contributed by atoms with Gasteiger partial charge >= 0.3 is 5.97 Å². The molecule has 1 aromatic carbocycles. The zero-order chi connectivity index (χ0) is 12.5. The van der Waals surface area contributed by atoms with E-state index in [0.29, 0.717) is 10.4 Å². The molecule has 2 rings (SSSR count). The molecule has 0 fully saturated rings. The highest BCUT2D eigenvalue weighted by atomic mass is 35.5. The highest BCUT2D eigenvalue weighted by molar-refractivity contribution is 7.12. The quantitative estimate of drug-likeness (QED) is 0.910. The lowest BCUT2D eigenvalue weighted by Crippen LogP contribution is -2.45. The summed E-state index contributed by atoms with van der Waals surface area (Å²) in [5.41, 5.74) is 5.24. The number of hydrogen-bond acceptors (Lipinski definition) is 3. The van der Waals surface area contributed by atoms with Crippen LogP contribution < -0.4 is 5.73 Å². The molecule has 96 valence electrons. The molecule has 0 bridgehead atoms. The Morgan fingerprint density at radius 1 is 1.22 bits per heavy atom. The van der Waals surface area contributed by atoms with E-state index in [0.717, 1.165) is 4.88 Å². The van der Waals surface area contributed by atoms with Gasteiger partial charge < -0.3 is 10.8 Å². The molecule has 0 aliphatic carbocycles. The summed E-state index contributed by atoms with van der Waals surface area (Å²) < 4.78 is 0. The summed E-state index contributed by atoms with van der Waals surface area (Å²) >= 11 is 1.41. The SMILES string of the molecule is Cc1ccc(C(N)(C(=O)O)c2ccccc2)s1.Cl. The van der Waals surface area contributed by atoms with Gasteiger partial charge in [-0.2, -0.15) is 0 Å². The Bertz CT molecular complexity index is 541. The minimum Gasteiger partial charge on any atom is -0.479 e. The molecule has 3 N–H and O–H groups in total. The lowest BCUT2D eigenvalue weighted by Gasteiger charge is -2.23. The van der Waals surface area contributed by atoms with Crippen LogP contribution >= 0.6 is 23.7 Å². The first-order valence-corrected chi connectivity index (χ1v) is 6.01. The maximum atomic E-state index is 11.5. The van der Waals surface area contributed by atoms with E-state index in [2.05, 4.69) is 0 Å². The number of aryl methyl sites for hydroxylation is 1. The molecule has 18 heavy (non-hydrogen) atoms. The number of rotatable bonds is 3. The van der Waals surface area contributed by atoms with Crippen molar-refractivity contribution in [3.05, 3.63) is 57.8 Å². The summed E-state index contributed by atoms with van der Waals surface area (Å²) in [5.74, 6) is -1.04. The van der Waals surface area contributed by atoms with Crippen molar-refractivity contribution in [2.24, 2.45) is 5.73 Å². The largest absolute Gasteiger partial charge is 0.479 e. The van der Waals surface area contributed by atoms with Gasteiger partial charge in [-0.15, -0.1) is 23.7 Å². The van der Waals surface area contributed by atoms with E-state index in [1.165, 1.54) is 11.3 Å². The Kier molecular flexibility index (Phi) is 4.51. The summed E-state index contributed by atoms with van der Waals surface area (Å²) in [5, 5.41) is 9.43. The second-order valence-electron chi connectivity index (χ2n) is 3.89. The van der Waals surface area contributed by atoms with E-state index >= 15 is 0 Å². The maximum Gasteiger partial charge on any atom is 0.333 e. The monoisotopic (exact) mass is 283 g/mol. The van der Waals surface area contributed by atoms with Gasteiger partial charge in [-0.3, -0.25) is 0 Å². The third-order valence-corrected chi connectivity index (χ3v) is 3.83. The second-order valence-corrected chi connectivity index (χ2v) is 5.18. The number of carbonyl (C=O) groups is 1. The number of carboxylic acid groups (broad SMARTS) is 1. The van der Waals surface area contributed by atoms with Gasteiger partial charge in [0.25, 0.3) is 0 Å². The molecule has 0 radical (unpaired) electrons. The molecule has 0 aliphatic heterocycles. The molecule has 3 nitrogen and oxygen atoms in total. The fourth-order valence-corrected chi connectivity index (χ4v) is 2.70. The molecule has 1 heterocycles. The van der Waals surface area contributed by atoms with Crippen molar-refractivity contribution in [3.8, 4) is 0 Å². The van der Waals surface area contributed by atoms with Crippen LogP contribution in [0.1, 0.15) is 15.3 Å². The van der Waals surface area contributed by atoms with Gasteiger partial charge in [-0.1, -0.05) is 30.3 Å². The van der Waals surface area contributed by atoms with Crippen LogP contribution in [-0.4, -0.2) is 11.1 Å². The fourth-order valence-electron chi connectivity index (χ4n) is 1.72. The van der Waals surface area contributed by atoms with Crippen LogP contribution in [0.25, 0.3) is 0 Å². The number of carboxylic acids is 1. The highest BCUT2D eigenvalue weighted by Gasteiger charge is 2.39. The smallest absolute Gasteiger partial charge is 0.333 e. The van der Waals surface area contributed by atoms with Crippen LogP contribution in [0.4, 0.5) is 0 Å². The van der Waals surface area contributed by atoms with Crippen molar-refractivity contribution in [2.45, 2.75) is 12.5 Å². The van der Waals surface area contributed by atoms with Crippen LogP contribution in [0.5, 0.6) is 0 Å². The first-order valence-electron chi connectivity index (χ1n) is 5.20. The molecule has 1 atom stereocenters. The summed E-state index contributed by atoms with van der Waals surface area (Å²) in [6.07, 6.45) is 0. The Balaban J connectivity index is 0.00000162. The lowest BCUT2D eigenvalue weighted by atomic mass is 9.89. The zero-order valence-corrected chi connectivity index (χ0v) is 11.4. The molecule has 2 aromatic rings. The van der Waals surface area contributed by atoms with E-state index in [-0.39, 0.29) is 12.4 Å². The third kappa shape index (κ3) is 2.41. The van der Waals surface area contributed by atoms with Crippen LogP contribution in [0.15, 0.2) is 42.5 Å². The van der Waals surface area contributed by atoms with E-state index in [1.807, 2.05) is 19.1 Å². The number of thiophene rings is 1. The zero-order valence-electron chi connectivity index (χ0n) is 9.79. The predicted octanol–water partition coefficient (Wildman–Crippen LogP) is 2.77. The molecule has 0 saturated heterocycles. The van der Waals surface area contributed by atoms with Crippen molar-refractivity contribution >= 4 is 29.7 Å². The van der Waals surface area contributed by atoms with Crippen molar-refractivity contribution in [1.29, 1.82) is 0 Å². The standard InChI is InChI=1S/C13H13NO2S.ClH/c1-9-7-8-11(17-9)13(14,12(15)16)10-5-3-2-4-6-10;/h2-8H,14H2,1H3,(H,15,16);1H. The Hall–Kier alpha value is -1.36. The van der Waals surface area contributed by atoms with Crippen LogP contribution in [0.2, 0.25) is 0 Å². The van der Waals surface area contributed by atoms with E-state index in [4.69, 9.17) is 5.73 Å². The predicted molar refractivity (Wildman–Crippen MR) is 75.3 cm³/mol. The van der Waals surface area contributed by atoms with E-state index < -0.39 is 11.5 Å². The highest BCUT2D eigenvalue weighted by Crippen LogP contribution is 2.32. The second kappa shape index (κ2) is 5.52. The molecule has 0 saturated carbocycles. The summed E-state index contributed by atoms with van der Waals surface area (Å²) in [4.78, 5) is 13.2. The number of aliphatic carboxylic acids is 1. The third-order valence-electron chi connectivity index (χ3n) is 2.70. The molecule has 0 aliphatic rings. The lowest BCUT2D eigenvalue weighted by molar-refractivity contribution is -0.141. The molecular weight excluding hydrogens is 270 g/mol. The molecule has 1 unspecified atom stereocenters. The van der Waals surface area contributed by atoms with Crippen LogP contribution in [0, 0.1) is 6.92 Å². The molecular formula is C13H14ClNO2S. The fraction of sp³-hybridized carbons (Fsp3) is 0.154. The van der Waals surface area contributed by atoms with Gasteiger partial charge in [0.1, 0.15) is 0 Å². The molecule has 1 aromatic heterocycles. The Labute approximate surface area is 116 Å². The number of hydrogen-bond donors (Lipinski definition) is 2. The molecule has 0 amide bonds. The average Bonchev–Trinajstić information content (AvgIpc) is 2.76. The van der Waals surface area contributed by atoms with Gasteiger partial charge in [-0.25, -0.2) is 4.79 Å². The topological polar surface area (TPSA) is 63.3 Å². The summed E-state index contributed by atoms with van der Waals surface area (Å²) in [7, 11) is 0. The molecule has 5 heteroatoms. The number of benzene rings is 1. The maximum absolute atomic E-state index is 11.5. The summed E-state index contributed by atoms with van der Waals surface area (Å²) in [6.45, 7) is 1.93.